The molecule has 0 saturated carbocycles. The van der Waals surface area contributed by atoms with Crippen molar-refractivity contribution in [1.82, 2.24) is 4.90 Å². The van der Waals surface area contributed by atoms with Crippen molar-refractivity contribution in [3.05, 3.63) is 94.0 Å². The van der Waals surface area contributed by atoms with Gasteiger partial charge in [-0.05, 0) is 40.5 Å². The van der Waals surface area contributed by atoms with Crippen molar-refractivity contribution in [2.75, 3.05) is 27.3 Å². The third kappa shape index (κ3) is 6.76. The van der Waals surface area contributed by atoms with E-state index in [0.717, 1.165) is 22.4 Å². The van der Waals surface area contributed by atoms with Crippen LogP contribution in [0, 0.1) is 0 Å². The van der Waals surface area contributed by atoms with Crippen LogP contribution in [0.15, 0.2) is 87.5 Å². The molecule has 0 aliphatic heterocycles. The molecule has 0 bridgehead atoms. The van der Waals surface area contributed by atoms with Gasteiger partial charge in [-0.15, -0.1) is 5.10 Å². The summed E-state index contributed by atoms with van der Waals surface area (Å²) in [4.78, 5) is 13.4. The van der Waals surface area contributed by atoms with E-state index in [1.807, 2.05) is 79.7 Å². The number of benzene rings is 3. The van der Waals surface area contributed by atoms with Gasteiger partial charge in [-0.3, -0.25) is 4.79 Å². The highest BCUT2D eigenvalue weighted by molar-refractivity contribution is 9.10. The maximum absolute atomic E-state index is 11.9. The Bertz CT molecular complexity index is 1090. The molecule has 0 fully saturated rings. The molecule has 170 valence electrons. The molecule has 33 heavy (non-hydrogen) atoms. The van der Waals surface area contributed by atoms with Crippen LogP contribution in [0.1, 0.15) is 23.6 Å². The maximum Gasteiger partial charge on any atom is 0.259 e. The Kier molecular flexibility index (Phi) is 8.78. The van der Waals surface area contributed by atoms with Crippen LogP contribution in [0.5, 0.6) is 11.5 Å². The van der Waals surface area contributed by atoms with Crippen molar-refractivity contribution in [3.8, 4) is 11.5 Å². The van der Waals surface area contributed by atoms with Crippen molar-refractivity contribution in [2.24, 2.45) is 10.2 Å². The van der Waals surface area contributed by atoms with Crippen LogP contribution < -0.4 is 9.47 Å². The zero-order valence-corrected chi connectivity index (χ0v) is 20.5. The normalized spacial score (nSPS) is 10.7. The van der Waals surface area contributed by atoms with Gasteiger partial charge in [0.05, 0.1) is 17.3 Å². The number of likely N-dealkylation sites (N-methyl/N-ethyl adjacent to an activating group) is 1. The first-order valence-corrected chi connectivity index (χ1v) is 11.3. The van der Waals surface area contributed by atoms with E-state index in [9.17, 15) is 4.79 Å². The van der Waals surface area contributed by atoms with Gasteiger partial charge >= 0.3 is 0 Å². The first-order valence-electron chi connectivity index (χ1n) is 10.5. The average Bonchev–Trinajstić information content (AvgIpc) is 2.82. The van der Waals surface area contributed by atoms with Crippen LogP contribution in [-0.2, 0) is 4.79 Å². The number of rotatable bonds is 9. The summed E-state index contributed by atoms with van der Waals surface area (Å²) < 4.78 is 12.1. The minimum atomic E-state index is -0.140. The van der Waals surface area contributed by atoms with Gasteiger partial charge in [0.1, 0.15) is 5.71 Å². The molecule has 1 amide bonds. The quantitative estimate of drug-likeness (QED) is 0.295. The maximum atomic E-state index is 11.9. The smallest absolute Gasteiger partial charge is 0.259 e. The Balaban J connectivity index is 1.90. The molecule has 0 unspecified atom stereocenters. The third-order valence-electron chi connectivity index (χ3n) is 4.63. The molecule has 3 aromatic carbocycles. The lowest BCUT2D eigenvalue weighted by Crippen LogP contribution is -2.27. The summed E-state index contributed by atoms with van der Waals surface area (Å²) in [6.07, 6.45) is 1.66. The predicted molar refractivity (Wildman–Crippen MR) is 136 cm³/mol. The molecule has 6 nitrogen and oxygen atoms in total. The van der Waals surface area contributed by atoms with Crippen LogP contribution in [0.25, 0.3) is 0 Å². The van der Waals surface area contributed by atoms with Gasteiger partial charge in [0.15, 0.2) is 18.1 Å². The fraction of sp³-hybridized carbons (Fsp3) is 0.192. The molecule has 0 atom stereocenters. The Labute approximate surface area is 202 Å². The zero-order chi connectivity index (χ0) is 23.6. The monoisotopic (exact) mass is 507 g/mol. The van der Waals surface area contributed by atoms with Gasteiger partial charge in [0.25, 0.3) is 5.91 Å². The van der Waals surface area contributed by atoms with E-state index in [1.165, 1.54) is 4.90 Å². The SMILES string of the molecule is CCOc1cc(C=NN=C(c2ccccc2)c2ccccc2)cc(Br)c1OCC(=O)N(C)C. The molecule has 0 radical (unpaired) electrons. The van der Waals surface area contributed by atoms with Crippen LogP contribution in [0.2, 0.25) is 0 Å². The summed E-state index contributed by atoms with van der Waals surface area (Å²) in [5.41, 5.74) is 3.51. The summed E-state index contributed by atoms with van der Waals surface area (Å²) in [7, 11) is 3.37. The van der Waals surface area contributed by atoms with Crippen molar-refractivity contribution < 1.29 is 14.3 Å². The highest BCUT2D eigenvalue weighted by Gasteiger charge is 2.14. The number of hydrogen-bond acceptors (Lipinski definition) is 5. The summed E-state index contributed by atoms with van der Waals surface area (Å²) >= 11 is 3.52. The minimum Gasteiger partial charge on any atom is -0.490 e. The average molecular weight is 508 g/mol. The standard InChI is InChI=1S/C26H26BrN3O3/c1-4-32-23-16-19(15-22(27)26(23)33-18-24(31)30(2)3)17-28-29-25(20-11-7-5-8-12-20)21-13-9-6-10-14-21/h5-17H,4,18H2,1-3H3. The molecule has 3 aromatic rings. The molecule has 0 aromatic heterocycles. The molecule has 0 aliphatic rings. The van der Waals surface area contributed by atoms with Gasteiger partial charge in [-0.1, -0.05) is 60.7 Å². The second kappa shape index (κ2) is 12.0. The Hall–Kier alpha value is -3.45. The predicted octanol–water partition coefficient (Wildman–Crippen LogP) is 5.19. The van der Waals surface area contributed by atoms with E-state index in [4.69, 9.17) is 9.47 Å². The fourth-order valence-corrected chi connectivity index (χ4v) is 3.53. The zero-order valence-electron chi connectivity index (χ0n) is 18.9. The lowest BCUT2D eigenvalue weighted by atomic mass is 10.0. The largest absolute Gasteiger partial charge is 0.490 e. The van der Waals surface area contributed by atoms with Crippen LogP contribution in [0.3, 0.4) is 0 Å². The lowest BCUT2D eigenvalue weighted by molar-refractivity contribution is -0.130. The van der Waals surface area contributed by atoms with Crippen molar-refractivity contribution in [2.45, 2.75) is 6.92 Å². The number of carbonyl (C=O) groups excluding carboxylic acids is 1. The summed E-state index contributed by atoms with van der Waals surface area (Å²) in [5.74, 6) is 0.857. The van der Waals surface area contributed by atoms with Crippen molar-refractivity contribution in [3.63, 3.8) is 0 Å². The van der Waals surface area contributed by atoms with Gasteiger partial charge in [-0.2, -0.15) is 5.10 Å². The number of amides is 1. The summed E-state index contributed by atoms with van der Waals surface area (Å²) in [5, 5.41) is 8.86. The molecule has 0 heterocycles. The fourth-order valence-electron chi connectivity index (χ4n) is 2.96. The number of hydrogen-bond donors (Lipinski definition) is 0. The summed E-state index contributed by atoms with van der Waals surface area (Å²) in [6, 6.07) is 23.5. The van der Waals surface area contributed by atoms with Crippen molar-refractivity contribution in [1.29, 1.82) is 0 Å². The molecule has 0 aliphatic carbocycles. The number of halogens is 1. The second-order valence-electron chi connectivity index (χ2n) is 7.27. The Morgan fingerprint density at radius 1 is 0.970 bits per heavy atom. The molecule has 0 saturated heterocycles. The second-order valence-corrected chi connectivity index (χ2v) is 8.12. The van der Waals surface area contributed by atoms with Crippen molar-refractivity contribution >= 4 is 33.8 Å². The van der Waals surface area contributed by atoms with Gasteiger partial charge in [-0.25, -0.2) is 0 Å². The third-order valence-corrected chi connectivity index (χ3v) is 5.22. The molecule has 7 heteroatoms. The minimum absolute atomic E-state index is 0.0824. The van der Waals surface area contributed by atoms with E-state index in [2.05, 4.69) is 26.1 Å². The Morgan fingerprint density at radius 3 is 2.12 bits per heavy atom. The number of carbonyl (C=O) groups is 1. The van der Waals surface area contributed by atoms with Crippen LogP contribution in [0.4, 0.5) is 0 Å². The van der Waals surface area contributed by atoms with E-state index < -0.39 is 0 Å². The first-order chi connectivity index (χ1) is 16.0. The molecule has 3 rings (SSSR count). The molecule has 0 N–H and O–H groups in total. The van der Waals surface area contributed by atoms with E-state index in [-0.39, 0.29) is 12.5 Å². The van der Waals surface area contributed by atoms with Gasteiger partial charge in [0, 0.05) is 25.2 Å². The first kappa shape index (κ1) is 24.2. The van der Waals surface area contributed by atoms with E-state index in [0.29, 0.717) is 22.6 Å². The topological polar surface area (TPSA) is 63.5 Å². The number of nitrogens with zero attached hydrogens (tertiary/aromatic N) is 3. The van der Waals surface area contributed by atoms with Gasteiger partial charge < -0.3 is 14.4 Å². The number of ether oxygens (including phenoxy) is 2. The molecular weight excluding hydrogens is 482 g/mol. The van der Waals surface area contributed by atoms with Crippen LogP contribution >= 0.6 is 15.9 Å². The lowest BCUT2D eigenvalue weighted by Gasteiger charge is -2.16. The van der Waals surface area contributed by atoms with E-state index >= 15 is 0 Å². The van der Waals surface area contributed by atoms with Crippen LogP contribution in [-0.4, -0.2) is 50.0 Å². The highest BCUT2D eigenvalue weighted by atomic mass is 79.9. The van der Waals surface area contributed by atoms with Gasteiger partial charge in [0.2, 0.25) is 0 Å². The molecular formula is C26H26BrN3O3. The van der Waals surface area contributed by atoms with E-state index in [1.54, 1.807) is 20.3 Å². The summed E-state index contributed by atoms with van der Waals surface area (Å²) in [6.45, 7) is 2.26. The highest BCUT2D eigenvalue weighted by Crippen LogP contribution is 2.36. The Morgan fingerprint density at radius 2 is 1.58 bits per heavy atom. The molecule has 0 spiro atoms.